The fraction of sp³-hybridized carbons (Fsp3) is 0.517. The van der Waals surface area contributed by atoms with Crippen LogP contribution in [0, 0.1) is 12.3 Å². The molecule has 2 saturated heterocycles. The number of amides is 2. The van der Waals surface area contributed by atoms with Crippen molar-refractivity contribution in [1.29, 1.82) is 0 Å². The van der Waals surface area contributed by atoms with Crippen LogP contribution >= 0.6 is 0 Å². The molecule has 1 aromatic carbocycles. The highest BCUT2D eigenvalue weighted by Crippen LogP contribution is 2.40. The number of benzene rings is 1. The van der Waals surface area contributed by atoms with Crippen LogP contribution in [0.4, 0.5) is 32.2 Å². The smallest absolute Gasteiger partial charge is 0.382 e. The number of carbonyl (C=O) groups excluding carboxylic acids is 2. The molecule has 5 rings (SSSR count). The minimum Gasteiger partial charge on any atom is -0.382 e. The molecule has 15 heteroatoms. The molecule has 0 aliphatic carbocycles. The second-order valence-corrected chi connectivity index (χ2v) is 12.1. The van der Waals surface area contributed by atoms with Gasteiger partial charge in [-0.2, -0.15) is 18.3 Å². The van der Waals surface area contributed by atoms with Crippen LogP contribution in [-0.4, -0.2) is 86.7 Å². The summed E-state index contributed by atoms with van der Waals surface area (Å²) in [5, 5.41) is 6.87. The van der Waals surface area contributed by atoms with Gasteiger partial charge in [0.2, 0.25) is 5.91 Å². The van der Waals surface area contributed by atoms with Gasteiger partial charge in [0.25, 0.3) is 11.8 Å². The van der Waals surface area contributed by atoms with Crippen LogP contribution in [0.5, 0.6) is 0 Å². The number of likely N-dealkylation sites (tertiary alicyclic amines) is 2. The summed E-state index contributed by atoms with van der Waals surface area (Å²) in [5.74, 6) is -4.43. The molecule has 2 aliphatic rings. The third-order valence-electron chi connectivity index (χ3n) is 8.52. The number of nitrogens with zero attached hydrogens (tertiary/aromatic N) is 5. The van der Waals surface area contributed by atoms with E-state index in [-0.39, 0.29) is 37.3 Å². The number of nitrogens with one attached hydrogen (secondary N) is 1. The van der Waals surface area contributed by atoms with Gasteiger partial charge in [-0.3, -0.25) is 14.5 Å². The van der Waals surface area contributed by atoms with E-state index in [1.807, 2.05) is 4.90 Å². The van der Waals surface area contributed by atoms with Crippen LogP contribution in [0.25, 0.3) is 16.8 Å². The lowest BCUT2D eigenvalue weighted by Crippen LogP contribution is -2.49. The summed E-state index contributed by atoms with van der Waals surface area (Å²) in [7, 11) is 0. The van der Waals surface area contributed by atoms with Crippen LogP contribution in [0.1, 0.15) is 48.2 Å². The third kappa shape index (κ3) is 5.93. The molecule has 3 aromatic rings. The minimum atomic E-state index is -4.82. The zero-order valence-corrected chi connectivity index (χ0v) is 24.4. The zero-order valence-electron chi connectivity index (χ0n) is 24.4. The lowest BCUT2D eigenvalue weighted by atomic mass is 9.91. The van der Waals surface area contributed by atoms with Crippen LogP contribution in [0.15, 0.2) is 30.6 Å². The summed E-state index contributed by atoms with van der Waals surface area (Å²) in [6.45, 7) is 2.91. The van der Waals surface area contributed by atoms with E-state index in [1.54, 1.807) is 35.7 Å². The maximum absolute atomic E-state index is 14.9. The van der Waals surface area contributed by atoms with Gasteiger partial charge in [0.05, 0.1) is 18.3 Å². The van der Waals surface area contributed by atoms with E-state index >= 15 is 0 Å². The van der Waals surface area contributed by atoms with Crippen molar-refractivity contribution in [1.82, 2.24) is 29.7 Å². The van der Waals surface area contributed by atoms with Crippen molar-refractivity contribution in [2.45, 2.75) is 64.5 Å². The summed E-state index contributed by atoms with van der Waals surface area (Å²) in [5.41, 5.74) is 6.54. The number of hydrogen-bond acceptors (Lipinski definition) is 6. The highest BCUT2D eigenvalue weighted by atomic mass is 19.4. The van der Waals surface area contributed by atoms with Crippen molar-refractivity contribution in [2.75, 3.05) is 31.9 Å². The SMILES string of the molecule is Cc1ccc(-c2cc(CN3CCC(F)(F)CC3)c3c(N)ncnn23)cc1C(=O)N[C@@H]1CN(C(=O)C(C)(C)C(F)(F)F)C[C@@H]1F. The summed E-state index contributed by atoms with van der Waals surface area (Å²) < 4.78 is 84.0. The molecule has 3 N–H and O–H groups in total. The molecule has 2 fully saturated rings. The zero-order chi connectivity index (χ0) is 32.2. The number of fused-ring (bicyclic) bond motifs is 1. The van der Waals surface area contributed by atoms with Crippen LogP contribution < -0.4 is 11.1 Å². The monoisotopic (exact) mass is 625 g/mol. The van der Waals surface area contributed by atoms with Crippen molar-refractivity contribution in [3.63, 3.8) is 0 Å². The number of alkyl halides is 6. The molecule has 0 unspecified atom stereocenters. The predicted octanol–water partition coefficient (Wildman–Crippen LogP) is 4.39. The molecule has 238 valence electrons. The first-order valence-electron chi connectivity index (χ1n) is 14.1. The van der Waals surface area contributed by atoms with E-state index in [0.717, 1.165) is 18.7 Å². The van der Waals surface area contributed by atoms with Gasteiger partial charge in [-0.15, -0.1) is 0 Å². The Morgan fingerprint density at radius 2 is 1.80 bits per heavy atom. The van der Waals surface area contributed by atoms with Gasteiger partial charge in [0.15, 0.2) is 5.82 Å². The number of rotatable bonds is 6. The summed E-state index contributed by atoms with van der Waals surface area (Å²) >= 11 is 0. The number of anilines is 1. The van der Waals surface area contributed by atoms with Gasteiger partial charge < -0.3 is 16.0 Å². The van der Waals surface area contributed by atoms with Gasteiger partial charge in [-0.1, -0.05) is 12.1 Å². The molecule has 2 amide bonds. The number of nitrogens with two attached hydrogens (primary N) is 1. The third-order valence-corrected chi connectivity index (χ3v) is 8.52. The van der Waals surface area contributed by atoms with Gasteiger partial charge in [0, 0.05) is 50.1 Å². The second-order valence-electron chi connectivity index (χ2n) is 12.1. The second kappa shape index (κ2) is 11.2. The van der Waals surface area contributed by atoms with Gasteiger partial charge in [0.1, 0.15) is 23.4 Å². The highest BCUT2D eigenvalue weighted by Gasteiger charge is 2.55. The normalized spacial score (nSPS) is 21.2. The molecular formula is C29H33F6N7O2. The van der Waals surface area contributed by atoms with E-state index in [1.165, 1.54) is 6.33 Å². The van der Waals surface area contributed by atoms with Crippen molar-refractivity contribution >= 4 is 23.1 Å². The standard InChI is InChI=1S/C29H33F6N7O2/c1-16-4-5-17(10-19(16)25(43)39-21-14-41(13-20(21)30)26(44)27(2,3)29(33,34)35)22-11-18(23-24(36)37-15-38-42(22)23)12-40-8-6-28(31,32)7-9-40/h4-5,10-11,15,20-21H,6-9,12-14H2,1-3H3,(H,39,43)(H2,36,37,38)/t20-,21+/m0/s1. The Morgan fingerprint density at radius 3 is 2.45 bits per heavy atom. The fourth-order valence-corrected chi connectivity index (χ4v) is 5.60. The Kier molecular flexibility index (Phi) is 8.06. The van der Waals surface area contributed by atoms with Gasteiger partial charge >= 0.3 is 6.18 Å². The van der Waals surface area contributed by atoms with Gasteiger partial charge in [-0.05, 0) is 44.0 Å². The van der Waals surface area contributed by atoms with E-state index in [2.05, 4.69) is 15.4 Å². The Morgan fingerprint density at radius 1 is 1.11 bits per heavy atom. The number of halogens is 6. The molecule has 0 spiro atoms. The van der Waals surface area contributed by atoms with E-state index in [9.17, 15) is 35.9 Å². The Labute approximate surface area is 249 Å². The Balaban J connectivity index is 1.38. The fourth-order valence-electron chi connectivity index (χ4n) is 5.60. The molecule has 44 heavy (non-hydrogen) atoms. The molecule has 0 radical (unpaired) electrons. The van der Waals surface area contributed by atoms with Crippen molar-refractivity contribution < 1.29 is 35.9 Å². The number of carbonyl (C=O) groups is 2. The molecular weight excluding hydrogens is 592 g/mol. The molecule has 2 atom stereocenters. The number of aromatic nitrogens is 3. The number of nitrogen functional groups attached to an aromatic ring is 1. The van der Waals surface area contributed by atoms with E-state index in [4.69, 9.17) is 5.73 Å². The van der Waals surface area contributed by atoms with Crippen LogP contribution in [0.3, 0.4) is 0 Å². The highest BCUT2D eigenvalue weighted by molar-refractivity contribution is 5.97. The predicted molar refractivity (Wildman–Crippen MR) is 150 cm³/mol. The molecule has 2 aromatic heterocycles. The van der Waals surface area contributed by atoms with Crippen LogP contribution in [-0.2, 0) is 11.3 Å². The number of aryl methyl sites for hydroxylation is 1. The lowest BCUT2D eigenvalue weighted by Gasteiger charge is -2.31. The summed E-state index contributed by atoms with van der Waals surface area (Å²) in [4.78, 5) is 32.7. The van der Waals surface area contributed by atoms with Crippen molar-refractivity contribution in [3.8, 4) is 11.3 Å². The molecule has 4 heterocycles. The first kappa shape index (κ1) is 31.5. The largest absolute Gasteiger partial charge is 0.402 e. The topological polar surface area (TPSA) is 109 Å². The number of piperidine rings is 1. The summed E-state index contributed by atoms with van der Waals surface area (Å²) in [6, 6.07) is 5.62. The first-order chi connectivity index (χ1) is 20.5. The van der Waals surface area contributed by atoms with E-state index < -0.39 is 54.6 Å². The lowest BCUT2D eigenvalue weighted by molar-refractivity contribution is -0.216. The molecule has 0 saturated carbocycles. The van der Waals surface area contributed by atoms with Crippen molar-refractivity contribution in [2.24, 2.45) is 5.41 Å². The first-order valence-corrected chi connectivity index (χ1v) is 14.1. The van der Waals surface area contributed by atoms with Crippen molar-refractivity contribution in [3.05, 3.63) is 47.3 Å². The Hall–Kier alpha value is -3.88. The molecule has 2 aliphatic heterocycles. The maximum Gasteiger partial charge on any atom is 0.402 e. The quantitative estimate of drug-likeness (QED) is 0.394. The average Bonchev–Trinajstić information content (AvgIpc) is 3.49. The van der Waals surface area contributed by atoms with E-state index in [0.29, 0.717) is 34.4 Å². The van der Waals surface area contributed by atoms with Crippen LogP contribution in [0.2, 0.25) is 0 Å². The number of hydrogen-bond donors (Lipinski definition) is 2. The maximum atomic E-state index is 14.9. The Bertz CT molecular complexity index is 1580. The molecule has 0 bridgehead atoms. The molecule has 9 nitrogen and oxygen atoms in total. The minimum absolute atomic E-state index is 0.187. The van der Waals surface area contributed by atoms with Gasteiger partial charge in [-0.25, -0.2) is 22.7 Å². The average molecular weight is 626 g/mol. The summed E-state index contributed by atoms with van der Waals surface area (Å²) in [6.07, 6.45) is -5.81.